The van der Waals surface area contributed by atoms with Crippen LogP contribution in [0.5, 0.6) is 0 Å². The van der Waals surface area contributed by atoms with Crippen LogP contribution in [-0.2, 0) is 0 Å². The van der Waals surface area contributed by atoms with Crippen LogP contribution in [0.1, 0.15) is 10.6 Å². The molecule has 3 nitrogen and oxygen atoms in total. The fraction of sp³-hybridized carbons (Fsp3) is 0.0455. The predicted molar refractivity (Wildman–Crippen MR) is 122 cm³/mol. The number of rotatable bonds is 3. The first-order valence-corrected chi connectivity index (χ1v) is 9.71. The Kier molecular flexibility index (Phi) is 6.16. The molecule has 0 amide bonds. The van der Waals surface area contributed by atoms with Crippen LogP contribution < -0.4 is 11.1 Å². The fourth-order valence-corrected chi connectivity index (χ4v) is 3.43. The van der Waals surface area contributed by atoms with E-state index in [4.69, 9.17) is 5.73 Å². The third-order valence-corrected chi connectivity index (χ3v) is 5.06. The maximum atomic E-state index is 5.36. The number of nitrogen functional groups attached to an aromatic ring is 1. The van der Waals surface area contributed by atoms with Gasteiger partial charge in [0.1, 0.15) is 0 Å². The van der Waals surface area contributed by atoms with Gasteiger partial charge in [0.2, 0.25) is 0 Å². The zero-order chi connectivity index (χ0) is 19.2. The Balaban J connectivity index is 0.000000253. The van der Waals surface area contributed by atoms with Crippen molar-refractivity contribution < 1.29 is 0 Å². The maximum absolute atomic E-state index is 5.36. The monoisotopic (exact) mass is 391 g/mol. The van der Waals surface area contributed by atoms with Gasteiger partial charge in [-0.3, -0.25) is 0 Å². The number of nitrogens with zero attached hydrogens (tertiary/aromatic N) is 1. The van der Waals surface area contributed by atoms with Gasteiger partial charge in [0, 0.05) is 22.0 Å². The summed E-state index contributed by atoms with van der Waals surface area (Å²) in [6, 6.07) is 23.6. The predicted octanol–water partition coefficient (Wildman–Crippen LogP) is 6.25. The first-order chi connectivity index (χ1) is 13.0. The van der Waals surface area contributed by atoms with Crippen LogP contribution in [-0.4, -0.2) is 4.98 Å². The summed E-state index contributed by atoms with van der Waals surface area (Å²) < 4.78 is 1.21. The molecule has 0 radical (unpaired) electrons. The molecule has 0 aliphatic rings. The molecule has 0 aliphatic heterocycles. The van der Waals surface area contributed by atoms with E-state index in [0.717, 1.165) is 38.1 Å². The fourth-order valence-electron chi connectivity index (χ4n) is 2.47. The molecule has 1 heterocycles. The second-order valence-electron chi connectivity index (χ2n) is 5.98. The number of anilines is 2. The van der Waals surface area contributed by atoms with E-state index in [1.807, 2.05) is 61.5 Å². The van der Waals surface area contributed by atoms with E-state index in [-0.39, 0.29) is 0 Å². The van der Waals surface area contributed by atoms with Gasteiger partial charge in [-0.2, -0.15) is 0 Å². The minimum absolute atomic E-state index is 0.822. The SMILES string of the molecule is C=C(Nc1ccc(S)cc1)c1ccc2sc(C)nc2c1.Nc1ccccc1. The number of hydrogen-bond acceptors (Lipinski definition) is 5. The zero-order valence-corrected chi connectivity index (χ0v) is 16.7. The standard InChI is InChI=1S/C16H14N2S2.C6H7N/c1-10(17-13-4-6-14(19)7-5-13)12-3-8-16-15(9-12)18-11(2)20-16;7-6-4-2-1-3-5-6/h3-9,17,19H,1H2,2H3;1-5H,7H2. The average Bonchev–Trinajstić information content (AvgIpc) is 3.04. The second-order valence-corrected chi connectivity index (χ2v) is 7.73. The Morgan fingerprint density at radius 3 is 2.37 bits per heavy atom. The van der Waals surface area contributed by atoms with Crippen LogP contribution in [0.25, 0.3) is 15.9 Å². The van der Waals surface area contributed by atoms with E-state index in [1.165, 1.54) is 4.70 Å². The van der Waals surface area contributed by atoms with Crippen molar-refractivity contribution in [2.24, 2.45) is 0 Å². The first-order valence-electron chi connectivity index (χ1n) is 8.44. The van der Waals surface area contributed by atoms with Gasteiger partial charge in [0.25, 0.3) is 0 Å². The molecular weight excluding hydrogens is 370 g/mol. The van der Waals surface area contributed by atoms with Gasteiger partial charge in [-0.05, 0) is 61.0 Å². The van der Waals surface area contributed by atoms with Gasteiger partial charge in [-0.1, -0.05) is 30.8 Å². The third-order valence-electron chi connectivity index (χ3n) is 3.81. The normalized spacial score (nSPS) is 10.1. The van der Waals surface area contributed by atoms with E-state index < -0.39 is 0 Å². The number of nitrogens with two attached hydrogens (primary N) is 1. The van der Waals surface area contributed by atoms with Gasteiger partial charge < -0.3 is 11.1 Å². The summed E-state index contributed by atoms with van der Waals surface area (Å²) in [5.41, 5.74) is 10.1. The highest BCUT2D eigenvalue weighted by Crippen LogP contribution is 2.26. The van der Waals surface area contributed by atoms with Crippen molar-refractivity contribution in [3.05, 3.63) is 89.9 Å². The second kappa shape index (κ2) is 8.75. The molecule has 27 heavy (non-hydrogen) atoms. The molecule has 0 unspecified atom stereocenters. The molecule has 136 valence electrons. The Morgan fingerprint density at radius 2 is 1.74 bits per heavy atom. The Hall–Kier alpha value is -2.76. The smallest absolute Gasteiger partial charge is 0.0907 e. The van der Waals surface area contributed by atoms with Gasteiger partial charge in [-0.15, -0.1) is 24.0 Å². The number of para-hydroxylation sites is 1. The van der Waals surface area contributed by atoms with Crippen molar-refractivity contribution >= 4 is 51.3 Å². The summed E-state index contributed by atoms with van der Waals surface area (Å²) in [5.74, 6) is 0. The number of aromatic nitrogens is 1. The van der Waals surface area contributed by atoms with Crippen LogP contribution in [0.15, 0.2) is 84.3 Å². The highest BCUT2D eigenvalue weighted by atomic mass is 32.1. The van der Waals surface area contributed by atoms with Crippen molar-refractivity contribution in [1.29, 1.82) is 0 Å². The molecule has 5 heteroatoms. The number of benzene rings is 3. The van der Waals surface area contributed by atoms with Crippen molar-refractivity contribution in [2.75, 3.05) is 11.1 Å². The Labute approximate surface area is 169 Å². The highest BCUT2D eigenvalue weighted by Gasteiger charge is 2.04. The molecule has 4 aromatic rings. The zero-order valence-electron chi connectivity index (χ0n) is 15.0. The summed E-state index contributed by atoms with van der Waals surface area (Å²) in [4.78, 5) is 5.46. The van der Waals surface area contributed by atoms with Gasteiger partial charge in [0.15, 0.2) is 0 Å². The lowest BCUT2D eigenvalue weighted by atomic mass is 10.1. The lowest BCUT2D eigenvalue weighted by Gasteiger charge is -2.10. The molecule has 0 atom stereocenters. The molecule has 0 aliphatic carbocycles. The molecule has 4 rings (SSSR count). The molecule has 3 aromatic carbocycles. The minimum atomic E-state index is 0.822. The molecule has 0 fully saturated rings. The average molecular weight is 392 g/mol. The number of thiol groups is 1. The number of fused-ring (bicyclic) bond motifs is 1. The summed E-state index contributed by atoms with van der Waals surface area (Å²) in [7, 11) is 0. The topological polar surface area (TPSA) is 50.9 Å². The molecule has 0 saturated carbocycles. The number of nitrogens with one attached hydrogen (secondary N) is 1. The van der Waals surface area contributed by atoms with Crippen LogP contribution >= 0.6 is 24.0 Å². The lowest BCUT2D eigenvalue weighted by molar-refractivity contribution is 1.34. The minimum Gasteiger partial charge on any atom is -0.399 e. The lowest BCUT2D eigenvalue weighted by Crippen LogP contribution is -1.96. The number of hydrogen-bond donors (Lipinski definition) is 3. The van der Waals surface area contributed by atoms with E-state index >= 15 is 0 Å². The molecule has 0 saturated heterocycles. The molecule has 0 spiro atoms. The van der Waals surface area contributed by atoms with Crippen LogP contribution in [0, 0.1) is 6.92 Å². The van der Waals surface area contributed by atoms with Gasteiger partial charge in [0.05, 0.1) is 15.2 Å². The molecule has 0 bridgehead atoms. The molecule has 3 N–H and O–H groups in total. The van der Waals surface area contributed by atoms with Crippen molar-refractivity contribution in [3.8, 4) is 0 Å². The Bertz CT molecular complexity index is 1040. The molecular formula is C22H21N3S2. The largest absolute Gasteiger partial charge is 0.399 e. The van der Waals surface area contributed by atoms with E-state index in [0.29, 0.717) is 0 Å². The van der Waals surface area contributed by atoms with Crippen LogP contribution in [0.2, 0.25) is 0 Å². The number of thiazole rings is 1. The first kappa shape index (κ1) is 19.0. The maximum Gasteiger partial charge on any atom is 0.0907 e. The van der Waals surface area contributed by atoms with Gasteiger partial charge in [-0.25, -0.2) is 4.98 Å². The van der Waals surface area contributed by atoms with E-state index in [9.17, 15) is 0 Å². The summed E-state index contributed by atoms with van der Waals surface area (Å²) in [6.45, 7) is 6.13. The van der Waals surface area contributed by atoms with Crippen molar-refractivity contribution in [1.82, 2.24) is 4.98 Å². The van der Waals surface area contributed by atoms with Crippen molar-refractivity contribution in [2.45, 2.75) is 11.8 Å². The van der Waals surface area contributed by atoms with Crippen LogP contribution in [0.4, 0.5) is 11.4 Å². The van der Waals surface area contributed by atoms with Crippen molar-refractivity contribution in [3.63, 3.8) is 0 Å². The highest BCUT2D eigenvalue weighted by molar-refractivity contribution is 7.80. The van der Waals surface area contributed by atoms with E-state index in [1.54, 1.807) is 11.3 Å². The molecule has 1 aromatic heterocycles. The quantitative estimate of drug-likeness (QED) is 0.286. The number of aryl methyl sites for hydroxylation is 1. The third kappa shape index (κ3) is 5.36. The van der Waals surface area contributed by atoms with Crippen LogP contribution in [0.3, 0.4) is 0 Å². The summed E-state index contributed by atoms with van der Waals surface area (Å²) in [6.07, 6.45) is 0. The summed E-state index contributed by atoms with van der Waals surface area (Å²) >= 11 is 5.99. The van der Waals surface area contributed by atoms with E-state index in [2.05, 4.69) is 47.7 Å². The Morgan fingerprint density at radius 1 is 1.04 bits per heavy atom. The van der Waals surface area contributed by atoms with Gasteiger partial charge >= 0.3 is 0 Å². The summed E-state index contributed by atoms with van der Waals surface area (Å²) in [5, 5.41) is 4.39.